The third-order valence-electron chi connectivity index (χ3n) is 15.8. The van der Waals surface area contributed by atoms with Gasteiger partial charge in [-0.05, 0) is 176 Å². The maximum absolute atomic E-state index is 14.2. The van der Waals surface area contributed by atoms with Gasteiger partial charge in [0.05, 0.1) is 60.0 Å². The van der Waals surface area contributed by atoms with Crippen molar-refractivity contribution >= 4 is 24.1 Å². The quantitative estimate of drug-likeness (QED) is 0.0564. The molecule has 0 amide bonds. The molecule has 3 aliphatic rings. The molecule has 89 heavy (non-hydrogen) atoms. The number of nitrogens with one attached hydrogen (secondary N) is 2. The van der Waals surface area contributed by atoms with Crippen LogP contribution in [0.25, 0.3) is 79.7 Å². The number of benzene rings is 4. The summed E-state index contributed by atoms with van der Waals surface area (Å²) in [6, 6.07) is 25.4. The topological polar surface area (TPSA) is 257 Å². The van der Waals surface area contributed by atoms with Crippen molar-refractivity contribution in [1.82, 2.24) is 51.2 Å². The number of hydrogen-bond donors (Lipinski definition) is 5. The minimum absolute atomic E-state index is 0.0131. The van der Waals surface area contributed by atoms with Crippen molar-refractivity contribution in [2.24, 2.45) is 0 Å². The number of tetrazole rings is 2. The summed E-state index contributed by atoms with van der Waals surface area (Å²) in [5.74, 6) is -1.76. The highest BCUT2D eigenvalue weighted by Gasteiger charge is 2.37. The standard InChI is InChI=1S/C38H44FN5O4.C31H32FN5O4/c1-22(2)34-31(18-16-27-20-28(47-38(6,7)46-27)21-32(45)48-37(3,4)5)33(23-11-14-26(39)15-12-23)30-10-8-9-24-19-25(36-41-43-44-42-36)13-17-29(24)35(30)40-34;1-17(2)29-26(13-11-22(38)15-23(39)16-27(40)41)28(18-6-9-21(32)10-7-18)25-5-3-4-19-14-20(31-34-36-37-35-31)8-12-24(19)30(25)33-29/h11-19,22,27-28H,8-10,20-21H2,1-7H3,(H,41,42,43,44);6-14,17,22-23,38-39H,3-5,15-16H2,1-2H3,(H,40,41)(H,34,35,36,37)/b18-16+;13-11+/t27-,28-;22-,23-/m11/s1. The van der Waals surface area contributed by atoms with Crippen molar-refractivity contribution in [3.63, 3.8) is 0 Å². The van der Waals surface area contributed by atoms with Gasteiger partial charge in [-0.15, -0.1) is 20.4 Å². The van der Waals surface area contributed by atoms with Crippen LogP contribution in [-0.4, -0.2) is 114 Å². The van der Waals surface area contributed by atoms with Crippen molar-refractivity contribution in [2.75, 3.05) is 0 Å². The molecule has 4 aromatic heterocycles. The Morgan fingerprint density at radius 1 is 0.697 bits per heavy atom. The number of aliphatic carboxylic acids is 1. The molecule has 0 spiro atoms. The van der Waals surface area contributed by atoms with Gasteiger partial charge >= 0.3 is 11.9 Å². The largest absolute Gasteiger partial charge is 0.481 e. The Balaban J connectivity index is 0.000000199. The van der Waals surface area contributed by atoms with Crippen LogP contribution >= 0.6 is 0 Å². The van der Waals surface area contributed by atoms with Gasteiger partial charge in [-0.2, -0.15) is 10.4 Å². The van der Waals surface area contributed by atoms with Crippen LogP contribution in [0.5, 0.6) is 0 Å². The van der Waals surface area contributed by atoms with Crippen LogP contribution in [0, 0.1) is 11.6 Å². The lowest BCUT2D eigenvalue weighted by molar-refractivity contribution is -0.290. The Morgan fingerprint density at radius 3 is 1.63 bits per heavy atom. The van der Waals surface area contributed by atoms with E-state index in [9.17, 15) is 28.6 Å². The predicted octanol–water partition coefficient (Wildman–Crippen LogP) is 12.9. The summed E-state index contributed by atoms with van der Waals surface area (Å²) in [6.45, 7) is 17.7. The maximum atomic E-state index is 14.2. The predicted molar refractivity (Wildman–Crippen MR) is 335 cm³/mol. The lowest BCUT2D eigenvalue weighted by atomic mass is 9.86. The fourth-order valence-corrected chi connectivity index (χ4v) is 12.2. The molecular weight excluding hydrogens is 1130 g/mol. The van der Waals surface area contributed by atoms with E-state index in [-0.39, 0.29) is 54.5 Å². The molecule has 11 rings (SSSR count). The van der Waals surface area contributed by atoms with Crippen LogP contribution in [0.15, 0.2) is 97.1 Å². The van der Waals surface area contributed by atoms with Crippen LogP contribution in [0.4, 0.5) is 8.78 Å². The highest BCUT2D eigenvalue weighted by atomic mass is 19.1. The number of pyridine rings is 2. The van der Waals surface area contributed by atoms with Gasteiger partial charge in [0.1, 0.15) is 17.2 Å². The van der Waals surface area contributed by atoms with Crippen LogP contribution in [0.2, 0.25) is 0 Å². The molecule has 1 saturated heterocycles. The molecule has 5 heterocycles. The Kier molecular flexibility index (Phi) is 19.3. The Morgan fingerprint density at radius 2 is 1.18 bits per heavy atom. The van der Waals surface area contributed by atoms with Gasteiger partial charge in [0.2, 0.25) is 11.6 Å². The second kappa shape index (κ2) is 27.0. The lowest BCUT2D eigenvalue weighted by Crippen LogP contribution is -2.45. The third kappa shape index (κ3) is 15.3. The number of carbonyl (C=O) groups excluding carboxylic acids is 1. The number of aryl methyl sites for hydroxylation is 2. The summed E-state index contributed by atoms with van der Waals surface area (Å²) < 4.78 is 46.3. The van der Waals surface area contributed by atoms with E-state index in [4.69, 9.17) is 29.3 Å². The van der Waals surface area contributed by atoms with Crippen LogP contribution in [0.3, 0.4) is 0 Å². The lowest BCUT2D eigenvalue weighted by Gasteiger charge is -2.40. The van der Waals surface area contributed by atoms with Gasteiger partial charge < -0.3 is 29.5 Å². The van der Waals surface area contributed by atoms with E-state index < -0.39 is 36.0 Å². The van der Waals surface area contributed by atoms with Gasteiger partial charge in [0.25, 0.3) is 0 Å². The third-order valence-corrected chi connectivity index (χ3v) is 15.8. The second-order valence-electron chi connectivity index (χ2n) is 25.1. The molecule has 0 unspecified atom stereocenters. The Labute approximate surface area is 516 Å². The zero-order valence-electron chi connectivity index (χ0n) is 51.6. The molecule has 8 aromatic rings. The average Bonchev–Trinajstić information content (AvgIpc) is 1.75. The number of fused-ring (bicyclic) bond motifs is 6. The number of aromatic amines is 2. The number of esters is 1. The first-order valence-electron chi connectivity index (χ1n) is 30.4. The molecule has 0 saturated carbocycles. The molecule has 5 N–H and O–H groups in total. The molecule has 0 radical (unpaired) electrons. The number of carbonyl (C=O) groups is 2. The van der Waals surface area contributed by atoms with Gasteiger partial charge in [0, 0.05) is 46.2 Å². The molecule has 0 bridgehead atoms. The zero-order chi connectivity index (χ0) is 63.3. The minimum atomic E-state index is -1.17. The number of nitrogens with zero attached hydrogens (tertiary/aromatic N) is 8. The van der Waals surface area contributed by atoms with E-state index in [1.807, 2.05) is 78.8 Å². The van der Waals surface area contributed by atoms with Crippen molar-refractivity contribution < 1.29 is 47.9 Å². The zero-order valence-corrected chi connectivity index (χ0v) is 51.6. The molecular formula is C69H76F2N10O8. The van der Waals surface area contributed by atoms with Crippen molar-refractivity contribution in [2.45, 2.75) is 174 Å². The van der Waals surface area contributed by atoms with Crippen LogP contribution < -0.4 is 0 Å². The first-order chi connectivity index (χ1) is 42.5. The number of H-pyrrole nitrogens is 2. The van der Waals surface area contributed by atoms with E-state index in [1.54, 1.807) is 24.3 Å². The Bertz CT molecular complexity index is 3880. The fraction of sp³-hybridized carbons (Fsp3) is 0.391. The molecule has 464 valence electrons. The molecule has 1 fully saturated rings. The first kappa shape index (κ1) is 63.5. The van der Waals surface area contributed by atoms with E-state index in [2.05, 4.69) is 85.4 Å². The van der Waals surface area contributed by atoms with Gasteiger partial charge in [0.15, 0.2) is 5.79 Å². The second-order valence-corrected chi connectivity index (χ2v) is 25.1. The number of ether oxygens (including phenoxy) is 3. The number of aromatic nitrogens is 10. The number of hydrogen-bond acceptors (Lipinski definition) is 15. The van der Waals surface area contributed by atoms with Crippen molar-refractivity contribution in [3.05, 3.63) is 153 Å². The highest BCUT2D eigenvalue weighted by Crippen LogP contribution is 2.45. The van der Waals surface area contributed by atoms with Crippen LogP contribution in [0.1, 0.15) is 157 Å². The summed E-state index contributed by atoms with van der Waals surface area (Å²) >= 11 is 0. The molecule has 1 aliphatic heterocycles. The normalized spacial score (nSPS) is 17.0. The van der Waals surface area contributed by atoms with Gasteiger partial charge in [-0.25, -0.2) is 8.78 Å². The highest BCUT2D eigenvalue weighted by molar-refractivity contribution is 5.88. The van der Waals surface area contributed by atoms with Crippen LogP contribution in [-0.2, 0) is 49.5 Å². The van der Waals surface area contributed by atoms with Gasteiger partial charge in [-0.1, -0.05) is 101 Å². The molecule has 20 heteroatoms. The summed E-state index contributed by atoms with van der Waals surface area (Å²) in [5.41, 5.74) is 16.9. The summed E-state index contributed by atoms with van der Waals surface area (Å²) in [6.07, 6.45) is 9.69. The van der Waals surface area contributed by atoms with Crippen molar-refractivity contribution in [1.29, 1.82) is 0 Å². The number of aliphatic hydroxyl groups excluding tert-OH is 2. The molecule has 4 atom stereocenters. The smallest absolute Gasteiger partial charge is 0.308 e. The number of carboxylic acids is 1. The SMILES string of the molecule is CC(C)c1nc2c(c(-c3ccc(F)cc3)c1/C=C/[C@@H](O)C[C@@H](O)CC(=O)O)CCCc1cc(-c3nn[nH]n3)ccc1-2.CC(C)c1nc2c(c(-c3ccc(F)cc3)c1/C=C/[C@@H]1C[C@H](CC(=O)OC(C)(C)C)OC(C)(C)O1)CCCc1cc(-c3nn[nH]n3)ccc1-2. The van der Waals surface area contributed by atoms with E-state index in [1.165, 1.54) is 29.8 Å². The minimum Gasteiger partial charge on any atom is -0.481 e. The van der Waals surface area contributed by atoms with Gasteiger partial charge in [-0.3, -0.25) is 19.6 Å². The number of aliphatic hydroxyl groups is 2. The number of carboxylic acid groups (broad SMARTS) is 1. The number of rotatable bonds is 16. The monoisotopic (exact) mass is 1210 g/mol. The fourth-order valence-electron chi connectivity index (χ4n) is 12.2. The summed E-state index contributed by atoms with van der Waals surface area (Å²) in [7, 11) is 0. The Hall–Kier alpha value is -8.56. The molecule has 2 aliphatic carbocycles. The maximum Gasteiger partial charge on any atom is 0.308 e. The van der Waals surface area contributed by atoms with Crippen molar-refractivity contribution in [3.8, 4) is 67.5 Å². The van der Waals surface area contributed by atoms with E-state index in [0.717, 1.165) is 134 Å². The average molecular weight is 1210 g/mol. The molecule has 18 nitrogen and oxygen atoms in total. The number of halogens is 2. The first-order valence-corrected chi connectivity index (χ1v) is 30.4. The van der Waals surface area contributed by atoms with E-state index in [0.29, 0.717) is 18.1 Å². The molecule has 4 aromatic carbocycles. The summed E-state index contributed by atoms with van der Waals surface area (Å²) in [4.78, 5) is 34.2. The van der Waals surface area contributed by atoms with E-state index >= 15 is 0 Å². The summed E-state index contributed by atoms with van der Waals surface area (Å²) in [5, 5.41) is 58.6.